The molecule has 0 fully saturated rings. The van der Waals surface area contributed by atoms with Crippen LogP contribution in [0.3, 0.4) is 0 Å². The molecule has 0 unspecified atom stereocenters. The molecule has 2 aromatic heterocycles. The van der Waals surface area contributed by atoms with Gasteiger partial charge in [0.2, 0.25) is 15.9 Å². The fourth-order valence-corrected chi connectivity index (χ4v) is 4.25. The Morgan fingerprint density at radius 3 is 2.45 bits per heavy atom. The first-order chi connectivity index (χ1) is 14.9. The lowest BCUT2D eigenvalue weighted by molar-refractivity contribution is 0.454. The van der Waals surface area contributed by atoms with Crippen molar-refractivity contribution in [2.24, 2.45) is 0 Å². The van der Waals surface area contributed by atoms with Gasteiger partial charge in [0.1, 0.15) is 11.6 Å². The number of nitrogens with one attached hydrogen (secondary N) is 1. The van der Waals surface area contributed by atoms with Gasteiger partial charge in [-0.15, -0.1) is 10.2 Å². The predicted octanol–water partition coefficient (Wildman–Crippen LogP) is 4.01. The Hall–Kier alpha value is -3.72. The van der Waals surface area contributed by atoms with E-state index in [0.29, 0.717) is 23.1 Å². The summed E-state index contributed by atoms with van der Waals surface area (Å²) in [4.78, 5) is 4.16. The Labute approximate surface area is 180 Å². The van der Waals surface area contributed by atoms with Gasteiger partial charge in [-0.1, -0.05) is 29.8 Å². The second kappa shape index (κ2) is 8.57. The summed E-state index contributed by atoms with van der Waals surface area (Å²) in [5.41, 5.74) is 2.21. The molecule has 4 rings (SSSR count). The standard InChI is InChI=1S/C22H21N5O3S/c1-16-4-3-5-18(14-16)15-31(28,29)26-19-6-8-20(9-7-19)30-22-11-10-21(24-25-22)27-13-12-23-17(27)2/h3-14,26H,15H2,1-2H3. The van der Waals surface area contributed by atoms with Crippen LogP contribution in [-0.4, -0.2) is 28.2 Å². The maximum atomic E-state index is 12.4. The second-order valence-electron chi connectivity index (χ2n) is 7.05. The molecule has 2 aromatic carbocycles. The Bertz CT molecular complexity index is 1280. The van der Waals surface area contributed by atoms with E-state index >= 15 is 0 Å². The molecule has 1 N–H and O–H groups in total. The molecule has 158 valence electrons. The van der Waals surface area contributed by atoms with Crippen molar-refractivity contribution in [3.8, 4) is 17.4 Å². The lowest BCUT2D eigenvalue weighted by Gasteiger charge is -2.10. The van der Waals surface area contributed by atoms with Crippen molar-refractivity contribution < 1.29 is 13.2 Å². The van der Waals surface area contributed by atoms with Crippen LogP contribution in [0.1, 0.15) is 17.0 Å². The Balaban J connectivity index is 1.39. The number of rotatable bonds is 7. The van der Waals surface area contributed by atoms with E-state index in [1.165, 1.54) is 0 Å². The van der Waals surface area contributed by atoms with Crippen molar-refractivity contribution in [2.75, 3.05) is 4.72 Å². The van der Waals surface area contributed by atoms with Crippen molar-refractivity contribution in [1.82, 2.24) is 19.7 Å². The quantitative estimate of drug-likeness (QED) is 0.471. The Morgan fingerprint density at radius 1 is 1.00 bits per heavy atom. The van der Waals surface area contributed by atoms with Gasteiger partial charge in [-0.3, -0.25) is 9.29 Å². The van der Waals surface area contributed by atoms with Crippen molar-refractivity contribution >= 4 is 15.7 Å². The molecular weight excluding hydrogens is 414 g/mol. The molecule has 0 bridgehead atoms. The van der Waals surface area contributed by atoms with Crippen molar-refractivity contribution in [3.63, 3.8) is 0 Å². The van der Waals surface area contributed by atoms with E-state index in [1.54, 1.807) is 54.9 Å². The summed E-state index contributed by atoms with van der Waals surface area (Å²) in [6, 6.07) is 17.5. The first-order valence-electron chi connectivity index (χ1n) is 9.56. The van der Waals surface area contributed by atoms with E-state index in [0.717, 1.165) is 17.0 Å². The van der Waals surface area contributed by atoms with Gasteiger partial charge in [-0.05, 0) is 49.7 Å². The molecule has 4 aromatic rings. The summed E-state index contributed by atoms with van der Waals surface area (Å²) in [6.45, 7) is 3.81. The predicted molar refractivity (Wildman–Crippen MR) is 118 cm³/mol. The van der Waals surface area contributed by atoms with Gasteiger partial charge < -0.3 is 4.74 Å². The lowest BCUT2D eigenvalue weighted by atomic mass is 10.2. The van der Waals surface area contributed by atoms with E-state index in [2.05, 4.69) is 19.9 Å². The smallest absolute Gasteiger partial charge is 0.238 e. The molecule has 0 aliphatic carbocycles. The molecule has 0 atom stereocenters. The number of sulfonamides is 1. The molecule has 0 aliphatic heterocycles. The van der Waals surface area contributed by atoms with Crippen LogP contribution in [0.15, 0.2) is 73.1 Å². The number of imidazole rings is 1. The molecule has 0 aliphatic rings. The highest BCUT2D eigenvalue weighted by Crippen LogP contribution is 2.22. The van der Waals surface area contributed by atoms with Crippen LogP contribution in [-0.2, 0) is 15.8 Å². The van der Waals surface area contributed by atoms with Crippen molar-refractivity contribution in [3.05, 3.63) is 90.0 Å². The third-order valence-corrected chi connectivity index (χ3v) is 5.75. The van der Waals surface area contributed by atoms with Crippen LogP contribution in [0.2, 0.25) is 0 Å². The van der Waals surface area contributed by atoms with Crippen LogP contribution in [0.5, 0.6) is 11.6 Å². The molecule has 0 radical (unpaired) electrons. The first kappa shape index (κ1) is 20.5. The molecule has 2 heterocycles. The first-order valence-corrected chi connectivity index (χ1v) is 11.2. The van der Waals surface area contributed by atoms with Crippen LogP contribution < -0.4 is 9.46 Å². The third-order valence-electron chi connectivity index (χ3n) is 4.49. The van der Waals surface area contributed by atoms with Gasteiger partial charge in [-0.2, -0.15) is 0 Å². The maximum Gasteiger partial charge on any atom is 0.238 e. The zero-order chi connectivity index (χ0) is 21.8. The normalized spacial score (nSPS) is 11.3. The molecule has 0 saturated carbocycles. The fourth-order valence-electron chi connectivity index (χ4n) is 3.06. The SMILES string of the molecule is Cc1cccc(CS(=O)(=O)Nc2ccc(Oc3ccc(-n4ccnc4C)nn3)cc2)c1. The minimum Gasteiger partial charge on any atom is -0.438 e. The summed E-state index contributed by atoms with van der Waals surface area (Å²) in [5, 5.41) is 8.22. The average molecular weight is 436 g/mol. The summed E-state index contributed by atoms with van der Waals surface area (Å²) in [6.07, 6.45) is 3.50. The van der Waals surface area contributed by atoms with E-state index in [-0.39, 0.29) is 5.75 Å². The fraction of sp³-hybridized carbons (Fsp3) is 0.136. The lowest BCUT2D eigenvalue weighted by Crippen LogP contribution is -2.15. The van der Waals surface area contributed by atoms with Gasteiger partial charge in [0, 0.05) is 24.1 Å². The van der Waals surface area contributed by atoms with Gasteiger partial charge in [0.25, 0.3) is 0 Å². The van der Waals surface area contributed by atoms with Crippen LogP contribution in [0.25, 0.3) is 5.82 Å². The summed E-state index contributed by atoms with van der Waals surface area (Å²) in [7, 11) is -3.53. The number of nitrogens with zero attached hydrogens (tertiary/aromatic N) is 4. The molecule has 0 amide bonds. The van der Waals surface area contributed by atoms with E-state index in [1.807, 2.05) is 36.6 Å². The number of anilines is 1. The summed E-state index contributed by atoms with van der Waals surface area (Å²) >= 11 is 0. The van der Waals surface area contributed by atoms with Gasteiger partial charge in [0.05, 0.1) is 5.75 Å². The molecule has 8 nitrogen and oxygen atoms in total. The number of aryl methyl sites for hydroxylation is 2. The van der Waals surface area contributed by atoms with Crippen molar-refractivity contribution in [2.45, 2.75) is 19.6 Å². The molecule has 31 heavy (non-hydrogen) atoms. The molecule has 9 heteroatoms. The van der Waals surface area contributed by atoms with Crippen molar-refractivity contribution in [1.29, 1.82) is 0 Å². The highest BCUT2D eigenvalue weighted by Gasteiger charge is 2.12. The van der Waals surface area contributed by atoms with Gasteiger partial charge in [0.15, 0.2) is 5.82 Å². The monoisotopic (exact) mass is 435 g/mol. The van der Waals surface area contributed by atoms with E-state index in [9.17, 15) is 8.42 Å². The molecular formula is C22H21N5O3S. The zero-order valence-corrected chi connectivity index (χ0v) is 17.9. The topological polar surface area (TPSA) is 99.0 Å². The molecule has 0 saturated heterocycles. The number of aromatic nitrogens is 4. The Kier molecular flexibility index (Phi) is 5.68. The highest BCUT2D eigenvalue weighted by molar-refractivity contribution is 7.91. The Morgan fingerprint density at radius 2 is 1.81 bits per heavy atom. The van der Waals surface area contributed by atoms with Crippen LogP contribution in [0, 0.1) is 13.8 Å². The van der Waals surface area contributed by atoms with Gasteiger partial charge >= 0.3 is 0 Å². The second-order valence-corrected chi connectivity index (χ2v) is 8.77. The van der Waals surface area contributed by atoms with E-state index in [4.69, 9.17) is 4.74 Å². The maximum absolute atomic E-state index is 12.4. The summed E-state index contributed by atoms with van der Waals surface area (Å²) in [5.74, 6) is 2.20. The third kappa shape index (κ3) is 5.26. The minimum absolute atomic E-state index is 0.0920. The number of ether oxygens (including phenoxy) is 1. The largest absolute Gasteiger partial charge is 0.438 e. The zero-order valence-electron chi connectivity index (χ0n) is 17.1. The van der Waals surface area contributed by atoms with Crippen LogP contribution in [0.4, 0.5) is 5.69 Å². The minimum atomic E-state index is -3.53. The summed E-state index contributed by atoms with van der Waals surface area (Å²) < 4.78 is 35.0. The number of hydrogen-bond donors (Lipinski definition) is 1. The average Bonchev–Trinajstić information content (AvgIpc) is 3.15. The molecule has 0 spiro atoms. The van der Waals surface area contributed by atoms with Gasteiger partial charge in [-0.25, -0.2) is 13.4 Å². The number of hydrogen-bond acceptors (Lipinski definition) is 6. The van der Waals surface area contributed by atoms with E-state index < -0.39 is 10.0 Å². The number of benzene rings is 2. The highest BCUT2D eigenvalue weighted by atomic mass is 32.2. The van der Waals surface area contributed by atoms with Crippen LogP contribution >= 0.6 is 0 Å².